The first kappa shape index (κ1) is 29.8. The van der Waals surface area contributed by atoms with Gasteiger partial charge in [-0.1, -0.05) is 69.4 Å². The van der Waals surface area contributed by atoms with E-state index in [0.717, 1.165) is 51.7 Å². The third-order valence-corrected chi connectivity index (χ3v) is 8.51. The molecule has 0 bridgehead atoms. The summed E-state index contributed by atoms with van der Waals surface area (Å²) in [6.07, 6.45) is 11.4. The molecule has 7 nitrogen and oxygen atoms in total. The Labute approximate surface area is 234 Å². The number of anilines is 2. The van der Waals surface area contributed by atoms with E-state index < -0.39 is 0 Å². The molecule has 7 heteroatoms. The molecule has 1 aliphatic heterocycles. The van der Waals surface area contributed by atoms with Crippen LogP contribution in [0.15, 0.2) is 39.9 Å². The van der Waals surface area contributed by atoms with Crippen LogP contribution < -0.4 is 26.4 Å². The summed E-state index contributed by atoms with van der Waals surface area (Å²) in [5.41, 5.74) is 1.61. The van der Waals surface area contributed by atoms with Crippen molar-refractivity contribution in [1.29, 1.82) is 0 Å². The Morgan fingerprint density at radius 1 is 1.00 bits per heavy atom. The van der Waals surface area contributed by atoms with Crippen molar-refractivity contribution >= 4 is 11.4 Å². The minimum Gasteiger partial charge on any atom is -0.385 e. The largest absolute Gasteiger partial charge is 0.385 e. The van der Waals surface area contributed by atoms with E-state index in [9.17, 15) is 9.59 Å². The van der Waals surface area contributed by atoms with Gasteiger partial charge in [0.05, 0.1) is 6.10 Å². The van der Waals surface area contributed by atoms with Crippen LogP contribution in [0.4, 0.5) is 11.4 Å². The van der Waals surface area contributed by atoms with Crippen LogP contribution in [0.25, 0.3) is 0 Å². The quantitative estimate of drug-likeness (QED) is 0.228. The highest BCUT2D eigenvalue weighted by molar-refractivity contribution is 5.75. The zero-order valence-electron chi connectivity index (χ0n) is 24.1. The first-order chi connectivity index (χ1) is 19.1. The summed E-state index contributed by atoms with van der Waals surface area (Å²) < 4.78 is 11.6. The van der Waals surface area contributed by atoms with Gasteiger partial charge in [0, 0.05) is 51.9 Å². The second-order valence-corrected chi connectivity index (χ2v) is 11.6. The van der Waals surface area contributed by atoms with E-state index >= 15 is 0 Å². The molecule has 39 heavy (non-hydrogen) atoms. The maximum absolute atomic E-state index is 12.9. The van der Waals surface area contributed by atoms with Crippen LogP contribution >= 0.6 is 0 Å². The fourth-order valence-corrected chi connectivity index (χ4v) is 6.51. The lowest BCUT2D eigenvalue weighted by molar-refractivity contribution is -0.00235. The molecule has 2 aliphatic rings. The molecule has 4 rings (SSSR count). The number of hydrogen-bond donors (Lipinski definition) is 2. The Bertz CT molecular complexity index is 1050. The lowest BCUT2D eigenvalue weighted by Gasteiger charge is -2.39. The van der Waals surface area contributed by atoms with Crippen molar-refractivity contribution < 1.29 is 9.47 Å². The zero-order valence-corrected chi connectivity index (χ0v) is 24.1. The summed E-state index contributed by atoms with van der Waals surface area (Å²) in [4.78, 5) is 28.0. The lowest BCUT2D eigenvalue weighted by Crippen LogP contribution is -2.49. The predicted molar refractivity (Wildman–Crippen MR) is 160 cm³/mol. The van der Waals surface area contributed by atoms with Gasteiger partial charge in [0.2, 0.25) is 0 Å². The van der Waals surface area contributed by atoms with E-state index in [4.69, 9.17) is 9.47 Å². The van der Waals surface area contributed by atoms with Crippen LogP contribution in [0.5, 0.6) is 0 Å². The molecular formula is C32H49N3O4. The fourth-order valence-electron chi connectivity index (χ4n) is 6.51. The average Bonchev–Trinajstić information content (AvgIpc) is 2.98. The smallest absolute Gasteiger partial charge is 0.253 e. The molecular weight excluding hydrogens is 490 g/mol. The number of nitrogens with zero attached hydrogens (tertiary/aromatic N) is 1. The molecule has 2 unspecified atom stereocenters. The van der Waals surface area contributed by atoms with Crippen LogP contribution in [-0.4, -0.2) is 52.5 Å². The van der Waals surface area contributed by atoms with Crippen LogP contribution in [-0.2, 0) is 9.47 Å². The minimum atomic E-state index is -0.355. The Morgan fingerprint density at radius 2 is 1.79 bits per heavy atom. The Kier molecular flexibility index (Phi) is 11.9. The van der Waals surface area contributed by atoms with Crippen LogP contribution in [0, 0.1) is 11.8 Å². The van der Waals surface area contributed by atoms with Crippen molar-refractivity contribution in [3.63, 3.8) is 0 Å². The van der Waals surface area contributed by atoms with Gasteiger partial charge in [-0.25, -0.2) is 0 Å². The first-order valence-corrected chi connectivity index (χ1v) is 15.3. The van der Waals surface area contributed by atoms with Gasteiger partial charge < -0.3 is 25.0 Å². The fraction of sp³-hybridized carbons (Fsp3) is 0.688. The molecule has 216 valence electrons. The standard InChI is InChI=1S/C32H49N3O4/c1-3-17-33-22-27(21-24-12-6-4-7-13-24)34-28-29(31(37)30(28)36)35-18-10-16-26(23-35)32(39-20-11-19-38-2)25-14-8-5-9-15-25/h5,8-9,14-15,24,26-27,32-34H,3-4,6-7,10-13,16-23H2,1-2H3/t26?,27?,32-/m0/s1. The molecule has 0 spiro atoms. The monoisotopic (exact) mass is 539 g/mol. The molecule has 1 saturated carbocycles. The summed E-state index contributed by atoms with van der Waals surface area (Å²) in [5, 5.41) is 7.12. The molecule has 1 aliphatic carbocycles. The molecule has 0 radical (unpaired) electrons. The summed E-state index contributed by atoms with van der Waals surface area (Å²) in [7, 11) is 1.71. The average molecular weight is 540 g/mol. The van der Waals surface area contributed by atoms with Crippen LogP contribution in [0.1, 0.15) is 82.8 Å². The summed E-state index contributed by atoms with van der Waals surface area (Å²) in [6, 6.07) is 10.5. The van der Waals surface area contributed by atoms with Crippen molar-refractivity contribution in [3.8, 4) is 0 Å². The molecule has 2 N–H and O–H groups in total. The van der Waals surface area contributed by atoms with Gasteiger partial charge in [-0.05, 0) is 50.1 Å². The Hall–Kier alpha value is -2.22. The summed E-state index contributed by atoms with van der Waals surface area (Å²) >= 11 is 0. The molecule has 0 amide bonds. The molecule has 2 fully saturated rings. The molecule has 2 aromatic rings. The molecule has 2 aromatic carbocycles. The normalized spacial score (nSPS) is 20.3. The van der Waals surface area contributed by atoms with Gasteiger partial charge in [0.15, 0.2) is 0 Å². The van der Waals surface area contributed by atoms with E-state index in [1.54, 1.807) is 7.11 Å². The van der Waals surface area contributed by atoms with Gasteiger partial charge in [0.25, 0.3) is 10.9 Å². The number of benzene rings is 1. The second-order valence-electron chi connectivity index (χ2n) is 11.6. The maximum Gasteiger partial charge on any atom is 0.253 e. The number of piperidine rings is 1. The number of nitrogens with one attached hydrogen (secondary N) is 2. The summed E-state index contributed by atoms with van der Waals surface area (Å²) in [5.74, 6) is 0.932. The van der Waals surface area contributed by atoms with Crippen molar-refractivity contribution in [2.24, 2.45) is 11.8 Å². The van der Waals surface area contributed by atoms with Crippen molar-refractivity contribution in [2.45, 2.75) is 83.3 Å². The molecule has 3 atom stereocenters. The molecule has 1 saturated heterocycles. The van der Waals surface area contributed by atoms with E-state index in [1.807, 2.05) is 6.07 Å². The summed E-state index contributed by atoms with van der Waals surface area (Å²) in [6.45, 7) is 6.75. The minimum absolute atomic E-state index is 0.0500. The highest BCUT2D eigenvalue weighted by Gasteiger charge is 2.34. The highest BCUT2D eigenvalue weighted by Crippen LogP contribution is 2.36. The van der Waals surface area contributed by atoms with Gasteiger partial charge in [-0.2, -0.15) is 0 Å². The van der Waals surface area contributed by atoms with Gasteiger partial charge >= 0.3 is 0 Å². The topological polar surface area (TPSA) is 79.9 Å². The highest BCUT2D eigenvalue weighted by atomic mass is 16.5. The third-order valence-electron chi connectivity index (χ3n) is 8.51. The Morgan fingerprint density at radius 3 is 2.54 bits per heavy atom. The third kappa shape index (κ3) is 8.15. The van der Waals surface area contributed by atoms with E-state index in [2.05, 4.69) is 46.7 Å². The number of rotatable bonds is 16. The van der Waals surface area contributed by atoms with E-state index in [1.165, 1.54) is 37.7 Å². The number of hydrogen-bond acceptors (Lipinski definition) is 7. The Balaban J connectivity index is 1.47. The molecule has 0 aromatic heterocycles. The van der Waals surface area contributed by atoms with Gasteiger partial charge in [-0.15, -0.1) is 0 Å². The van der Waals surface area contributed by atoms with Crippen molar-refractivity contribution in [3.05, 3.63) is 56.3 Å². The SMILES string of the molecule is CCCNCC(CC1CCCCC1)Nc1c(N2CCCC([C@@H](OCCCOC)c3ccccc3)C2)c(=O)c1=O. The maximum atomic E-state index is 12.9. The van der Waals surface area contributed by atoms with E-state index in [-0.39, 0.29) is 28.9 Å². The van der Waals surface area contributed by atoms with Gasteiger partial charge in [0.1, 0.15) is 11.4 Å². The second kappa shape index (κ2) is 15.5. The van der Waals surface area contributed by atoms with Crippen LogP contribution in [0.3, 0.4) is 0 Å². The van der Waals surface area contributed by atoms with Gasteiger partial charge in [-0.3, -0.25) is 9.59 Å². The zero-order chi connectivity index (χ0) is 27.5. The van der Waals surface area contributed by atoms with Crippen LogP contribution in [0.2, 0.25) is 0 Å². The number of methoxy groups -OCH3 is 1. The molecule has 1 heterocycles. The van der Waals surface area contributed by atoms with Crippen molar-refractivity contribution in [2.75, 3.05) is 56.7 Å². The number of ether oxygens (including phenoxy) is 2. The predicted octanol–water partition coefficient (Wildman–Crippen LogP) is 5.04. The first-order valence-electron chi connectivity index (χ1n) is 15.3. The van der Waals surface area contributed by atoms with Crippen molar-refractivity contribution in [1.82, 2.24) is 5.32 Å². The lowest BCUT2D eigenvalue weighted by atomic mass is 9.84. The van der Waals surface area contributed by atoms with E-state index in [0.29, 0.717) is 37.1 Å².